The van der Waals surface area contributed by atoms with Gasteiger partial charge in [0.25, 0.3) is 0 Å². The Morgan fingerprint density at radius 1 is 1.77 bits per heavy atom. The van der Waals surface area contributed by atoms with Gasteiger partial charge in [-0.1, -0.05) is 18.5 Å². The van der Waals surface area contributed by atoms with E-state index in [0.717, 1.165) is 0 Å². The minimum absolute atomic E-state index is 0.392. The molecule has 0 aromatic carbocycles. The van der Waals surface area contributed by atoms with E-state index in [1.165, 1.54) is 6.07 Å². The molecule has 0 aliphatic carbocycles. The lowest BCUT2D eigenvalue weighted by Gasteiger charge is -2.02. The van der Waals surface area contributed by atoms with Crippen LogP contribution in [0.2, 0.25) is 5.15 Å². The fourth-order valence-electron chi connectivity index (χ4n) is 0.885. The Morgan fingerprint density at radius 2 is 2.38 bits per heavy atom. The third kappa shape index (κ3) is 1.95. The van der Waals surface area contributed by atoms with Crippen molar-refractivity contribution >= 4 is 17.6 Å². The van der Waals surface area contributed by atoms with E-state index in [9.17, 15) is 9.18 Å². The lowest BCUT2D eigenvalue weighted by Crippen LogP contribution is -2.04. The zero-order chi connectivity index (χ0) is 10.0. The third-order valence-electron chi connectivity index (χ3n) is 1.56. The predicted octanol–water partition coefficient (Wildman–Crippen LogP) is 2.13. The topological polar surface area (TPSA) is 50.2 Å². The van der Waals surface area contributed by atoms with E-state index in [-0.39, 0.29) is 0 Å². The Morgan fingerprint density at radius 3 is 2.85 bits per heavy atom. The molecule has 13 heavy (non-hydrogen) atoms. The summed E-state index contributed by atoms with van der Waals surface area (Å²) in [5.74, 6) is -2.32. The molecular weight excluding hydrogens is 197 g/mol. The van der Waals surface area contributed by atoms with E-state index in [0.29, 0.717) is 12.1 Å². The number of pyridine rings is 1. The van der Waals surface area contributed by atoms with Gasteiger partial charge in [-0.25, -0.2) is 14.2 Å². The average Bonchev–Trinajstić information content (AvgIpc) is 2.09. The number of aromatic carboxylic acids is 1. The van der Waals surface area contributed by atoms with Crippen molar-refractivity contribution in [1.29, 1.82) is 0 Å². The van der Waals surface area contributed by atoms with Crippen LogP contribution in [0.15, 0.2) is 6.07 Å². The molecule has 70 valence electrons. The number of carboxylic acid groups (broad SMARTS) is 1. The Bertz CT molecular complexity index is 354. The first kappa shape index (κ1) is 9.92. The van der Waals surface area contributed by atoms with Crippen molar-refractivity contribution < 1.29 is 14.3 Å². The van der Waals surface area contributed by atoms with Gasteiger partial charge in [0.05, 0.1) is 0 Å². The Labute approximate surface area is 79.2 Å². The number of hydrogen-bond donors (Lipinski definition) is 1. The normalized spacial score (nSPS) is 10.1. The molecule has 3 nitrogen and oxygen atoms in total. The molecule has 1 rings (SSSR count). The summed E-state index contributed by atoms with van der Waals surface area (Å²) in [7, 11) is 0. The van der Waals surface area contributed by atoms with Gasteiger partial charge < -0.3 is 5.11 Å². The molecule has 1 aromatic rings. The van der Waals surface area contributed by atoms with Crippen LogP contribution in [0.5, 0.6) is 0 Å². The van der Waals surface area contributed by atoms with E-state index in [1.54, 1.807) is 6.92 Å². The van der Waals surface area contributed by atoms with E-state index in [4.69, 9.17) is 16.7 Å². The van der Waals surface area contributed by atoms with Gasteiger partial charge in [-0.05, 0) is 12.5 Å². The minimum atomic E-state index is -1.34. The van der Waals surface area contributed by atoms with Crippen molar-refractivity contribution in [2.24, 2.45) is 0 Å². The predicted molar refractivity (Wildman–Crippen MR) is 45.5 cm³/mol. The standard InChI is InChI=1S/C8H7ClFNO2/c1-2-4-3-5(8(12)13)6(10)7(9)11-4/h3H,2H2,1H3,(H,12,13). The third-order valence-corrected chi connectivity index (χ3v) is 1.81. The largest absolute Gasteiger partial charge is 0.478 e. The SMILES string of the molecule is CCc1cc(C(=O)O)c(F)c(Cl)n1. The van der Waals surface area contributed by atoms with Gasteiger partial charge in [0.2, 0.25) is 0 Å². The minimum Gasteiger partial charge on any atom is -0.478 e. The molecule has 0 spiro atoms. The van der Waals surface area contributed by atoms with Crippen LogP contribution in [0, 0.1) is 5.82 Å². The summed E-state index contributed by atoms with van der Waals surface area (Å²) in [5.41, 5.74) is 0.0284. The highest BCUT2D eigenvalue weighted by Crippen LogP contribution is 2.17. The number of aromatic nitrogens is 1. The molecule has 0 amide bonds. The quantitative estimate of drug-likeness (QED) is 0.750. The highest BCUT2D eigenvalue weighted by Gasteiger charge is 2.15. The molecule has 1 heterocycles. The molecule has 0 bridgehead atoms. The van der Waals surface area contributed by atoms with Crippen LogP contribution in [0.25, 0.3) is 0 Å². The molecule has 1 aromatic heterocycles. The summed E-state index contributed by atoms with van der Waals surface area (Å²) < 4.78 is 13.0. The maximum absolute atomic E-state index is 13.0. The van der Waals surface area contributed by atoms with Crippen molar-refractivity contribution in [3.05, 3.63) is 28.3 Å². The molecular formula is C8H7ClFNO2. The first-order chi connectivity index (χ1) is 6.06. The summed E-state index contributed by atoms with van der Waals surface area (Å²) in [5, 5.41) is 8.19. The second-order valence-electron chi connectivity index (χ2n) is 2.42. The summed E-state index contributed by atoms with van der Waals surface area (Å²) in [6, 6.07) is 1.18. The van der Waals surface area contributed by atoms with E-state index in [2.05, 4.69) is 4.98 Å². The number of halogens is 2. The van der Waals surface area contributed by atoms with Gasteiger partial charge in [0.1, 0.15) is 5.56 Å². The molecule has 0 aliphatic rings. The van der Waals surface area contributed by atoms with E-state index >= 15 is 0 Å². The number of carbonyl (C=O) groups is 1. The number of nitrogens with zero attached hydrogens (tertiary/aromatic N) is 1. The van der Waals surface area contributed by atoms with Crippen molar-refractivity contribution in [3.8, 4) is 0 Å². The van der Waals surface area contributed by atoms with Crippen LogP contribution in [0.3, 0.4) is 0 Å². The molecule has 5 heteroatoms. The average molecular weight is 204 g/mol. The highest BCUT2D eigenvalue weighted by molar-refractivity contribution is 6.29. The lowest BCUT2D eigenvalue weighted by molar-refractivity contribution is 0.0691. The van der Waals surface area contributed by atoms with Crippen molar-refractivity contribution in [3.63, 3.8) is 0 Å². The first-order valence-electron chi connectivity index (χ1n) is 3.64. The van der Waals surface area contributed by atoms with Gasteiger partial charge in [0, 0.05) is 5.69 Å². The van der Waals surface area contributed by atoms with Gasteiger partial charge in [-0.3, -0.25) is 0 Å². The maximum atomic E-state index is 13.0. The van der Waals surface area contributed by atoms with Crippen LogP contribution < -0.4 is 0 Å². The molecule has 0 atom stereocenters. The van der Waals surface area contributed by atoms with E-state index < -0.39 is 22.5 Å². The van der Waals surface area contributed by atoms with Gasteiger partial charge in [-0.15, -0.1) is 0 Å². The van der Waals surface area contributed by atoms with Crippen molar-refractivity contribution in [2.75, 3.05) is 0 Å². The summed E-state index contributed by atoms with van der Waals surface area (Å²) in [6.07, 6.45) is 0.514. The van der Waals surface area contributed by atoms with Crippen LogP contribution in [-0.2, 0) is 6.42 Å². The van der Waals surface area contributed by atoms with Gasteiger partial charge >= 0.3 is 5.97 Å². The number of carboxylic acids is 1. The molecule has 0 fully saturated rings. The molecule has 0 aliphatic heterocycles. The smallest absolute Gasteiger partial charge is 0.338 e. The first-order valence-corrected chi connectivity index (χ1v) is 4.02. The highest BCUT2D eigenvalue weighted by atomic mass is 35.5. The zero-order valence-corrected chi connectivity index (χ0v) is 7.60. The fraction of sp³-hybridized carbons (Fsp3) is 0.250. The summed E-state index contributed by atoms with van der Waals surface area (Å²) in [4.78, 5) is 14.2. The van der Waals surface area contributed by atoms with Crippen LogP contribution >= 0.6 is 11.6 Å². The summed E-state index contributed by atoms with van der Waals surface area (Å²) >= 11 is 5.39. The number of rotatable bonds is 2. The van der Waals surface area contributed by atoms with Gasteiger partial charge in [-0.2, -0.15) is 0 Å². The second kappa shape index (κ2) is 3.70. The molecule has 0 unspecified atom stereocenters. The van der Waals surface area contributed by atoms with Crippen LogP contribution in [-0.4, -0.2) is 16.1 Å². The number of aryl methyl sites for hydroxylation is 1. The number of hydrogen-bond acceptors (Lipinski definition) is 2. The molecule has 0 saturated carbocycles. The lowest BCUT2D eigenvalue weighted by atomic mass is 10.2. The van der Waals surface area contributed by atoms with Crippen LogP contribution in [0.4, 0.5) is 4.39 Å². The molecule has 0 saturated heterocycles. The van der Waals surface area contributed by atoms with Crippen molar-refractivity contribution in [2.45, 2.75) is 13.3 Å². The Kier molecular flexibility index (Phi) is 2.83. The van der Waals surface area contributed by atoms with Gasteiger partial charge in [0.15, 0.2) is 11.0 Å². The molecule has 1 N–H and O–H groups in total. The van der Waals surface area contributed by atoms with Crippen molar-refractivity contribution in [1.82, 2.24) is 4.98 Å². The maximum Gasteiger partial charge on any atom is 0.338 e. The zero-order valence-electron chi connectivity index (χ0n) is 6.84. The fourth-order valence-corrected chi connectivity index (χ4v) is 1.10. The Hall–Kier alpha value is -1.16. The second-order valence-corrected chi connectivity index (χ2v) is 2.78. The van der Waals surface area contributed by atoms with E-state index in [1.807, 2.05) is 0 Å². The Balaban J connectivity index is 3.33. The van der Waals surface area contributed by atoms with Crippen LogP contribution in [0.1, 0.15) is 23.0 Å². The summed E-state index contributed by atoms with van der Waals surface area (Å²) in [6.45, 7) is 1.78. The molecule has 0 radical (unpaired) electrons. The monoisotopic (exact) mass is 203 g/mol.